The summed E-state index contributed by atoms with van der Waals surface area (Å²) >= 11 is 5.67. The van der Waals surface area contributed by atoms with Gasteiger partial charge in [-0.25, -0.2) is 4.39 Å². The zero-order valence-electron chi connectivity index (χ0n) is 13.0. The van der Waals surface area contributed by atoms with E-state index in [9.17, 15) is 14.0 Å². The number of rotatable bonds is 5. The maximum absolute atomic E-state index is 13.5. The Morgan fingerprint density at radius 3 is 2.87 bits per heavy atom. The van der Waals surface area contributed by atoms with Crippen molar-refractivity contribution in [2.75, 3.05) is 20.1 Å². The van der Waals surface area contributed by atoms with E-state index in [2.05, 4.69) is 0 Å². The van der Waals surface area contributed by atoms with Crippen LogP contribution >= 0.6 is 11.6 Å². The van der Waals surface area contributed by atoms with Crippen molar-refractivity contribution in [3.63, 3.8) is 0 Å². The second-order valence-electron chi connectivity index (χ2n) is 5.83. The van der Waals surface area contributed by atoms with E-state index in [0.717, 1.165) is 18.4 Å². The molecule has 0 radical (unpaired) electrons. The van der Waals surface area contributed by atoms with Gasteiger partial charge in [-0.05, 0) is 44.0 Å². The summed E-state index contributed by atoms with van der Waals surface area (Å²) < 4.78 is 13.5. The van der Waals surface area contributed by atoms with E-state index in [4.69, 9.17) is 16.7 Å². The van der Waals surface area contributed by atoms with Crippen LogP contribution in [0.25, 0.3) is 0 Å². The summed E-state index contributed by atoms with van der Waals surface area (Å²) in [6.07, 6.45) is 2.31. The molecule has 1 heterocycles. The molecule has 1 aliphatic heterocycles. The molecule has 1 amide bonds. The Bertz CT molecular complexity index is 597. The molecule has 1 atom stereocenters. The molecule has 1 fully saturated rings. The number of hydrogen-bond acceptors (Lipinski definition) is 3. The number of carbonyl (C=O) groups excluding carboxylic acids is 1. The SMILES string of the molecule is CN(Cc1ccc(Cl)c(F)c1)C1CCCCN(CC(=O)O)C1=O. The number of likely N-dealkylation sites (N-methyl/N-ethyl adjacent to an activating group) is 1. The van der Waals surface area contributed by atoms with Crippen molar-refractivity contribution in [2.24, 2.45) is 0 Å². The molecule has 1 aliphatic rings. The largest absolute Gasteiger partial charge is 0.480 e. The normalized spacial score (nSPS) is 19.0. The van der Waals surface area contributed by atoms with Gasteiger partial charge in [-0.15, -0.1) is 0 Å². The molecule has 7 heteroatoms. The average Bonchev–Trinajstić information content (AvgIpc) is 2.65. The van der Waals surface area contributed by atoms with Crippen LogP contribution in [0.5, 0.6) is 0 Å². The third-order valence-corrected chi connectivity index (χ3v) is 4.33. The minimum atomic E-state index is -1.01. The summed E-state index contributed by atoms with van der Waals surface area (Å²) in [6.45, 7) is 0.579. The van der Waals surface area contributed by atoms with Crippen LogP contribution in [-0.4, -0.2) is 53.0 Å². The van der Waals surface area contributed by atoms with Gasteiger partial charge in [-0.1, -0.05) is 17.7 Å². The number of hydrogen-bond donors (Lipinski definition) is 1. The fraction of sp³-hybridized carbons (Fsp3) is 0.500. The van der Waals surface area contributed by atoms with Crippen LogP contribution in [0.15, 0.2) is 18.2 Å². The zero-order chi connectivity index (χ0) is 17.0. The Labute approximate surface area is 139 Å². The van der Waals surface area contributed by atoms with Crippen molar-refractivity contribution in [3.05, 3.63) is 34.6 Å². The van der Waals surface area contributed by atoms with Gasteiger partial charge in [0.15, 0.2) is 0 Å². The first kappa shape index (κ1) is 17.7. The molecular formula is C16H20ClFN2O3. The molecule has 5 nitrogen and oxygen atoms in total. The van der Waals surface area contributed by atoms with Crippen LogP contribution in [0.4, 0.5) is 4.39 Å². The molecule has 2 rings (SSSR count). The van der Waals surface area contributed by atoms with E-state index in [1.165, 1.54) is 17.0 Å². The van der Waals surface area contributed by atoms with Crippen LogP contribution in [0.3, 0.4) is 0 Å². The number of nitrogens with zero attached hydrogens (tertiary/aromatic N) is 2. The second kappa shape index (κ2) is 7.75. The molecule has 1 N–H and O–H groups in total. The lowest BCUT2D eigenvalue weighted by Gasteiger charge is -2.29. The van der Waals surface area contributed by atoms with Gasteiger partial charge < -0.3 is 10.0 Å². The summed E-state index contributed by atoms with van der Waals surface area (Å²) in [4.78, 5) is 26.7. The molecular weight excluding hydrogens is 323 g/mol. The van der Waals surface area contributed by atoms with Crippen LogP contribution < -0.4 is 0 Å². The van der Waals surface area contributed by atoms with Crippen LogP contribution in [0.2, 0.25) is 5.02 Å². The first-order valence-corrected chi connectivity index (χ1v) is 7.91. The lowest BCUT2D eigenvalue weighted by molar-refractivity contribution is -0.146. The quantitative estimate of drug-likeness (QED) is 0.892. The fourth-order valence-electron chi connectivity index (χ4n) is 2.85. The third kappa shape index (κ3) is 4.65. The molecule has 1 aromatic rings. The smallest absolute Gasteiger partial charge is 0.323 e. The van der Waals surface area contributed by atoms with Crippen molar-refractivity contribution in [3.8, 4) is 0 Å². The number of benzene rings is 1. The molecule has 1 unspecified atom stereocenters. The highest BCUT2D eigenvalue weighted by atomic mass is 35.5. The summed E-state index contributed by atoms with van der Waals surface area (Å²) in [6, 6.07) is 4.18. The maximum Gasteiger partial charge on any atom is 0.323 e. The number of carboxylic acids is 1. The van der Waals surface area contributed by atoms with Crippen molar-refractivity contribution in [2.45, 2.75) is 31.8 Å². The predicted molar refractivity (Wildman–Crippen MR) is 84.7 cm³/mol. The molecule has 1 aromatic carbocycles. The van der Waals surface area contributed by atoms with Crippen LogP contribution in [0, 0.1) is 5.82 Å². The Morgan fingerprint density at radius 2 is 2.22 bits per heavy atom. The Balaban J connectivity index is 2.09. The molecule has 1 saturated heterocycles. The molecule has 0 bridgehead atoms. The first-order valence-electron chi connectivity index (χ1n) is 7.53. The highest BCUT2D eigenvalue weighted by molar-refractivity contribution is 6.30. The number of amides is 1. The van der Waals surface area contributed by atoms with Gasteiger partial charge in [-0.2, -0.15) is 0 Å². The average molecular weight is 343 g/mol. The Hall–Kier alpha value is -1.66. The predicted octanol–water partition coefficient (Wildman–Crippen LogP) is 2.38. The zero-order valence-corrected chi connectivity index (χ0v) is 13.7. The number of likely N-dealkylation sites (tertiary alicyclic amines) is 1. The number of halogens is 2. The minimum absolute atomic E-state index is 0.0644. The van der Waals surface area contributed by atoms with Gasteiger partial charge in [0.1, 0.15) is 12.4 Å². The van der Waals surface area contributed by atoms with Gasteiger partial charge in [0.05, 0.1) is 11.1 Å². The molecule has 0 saturated carbocycles. The Morgan fingerprint density at radius 1 is 1.48 bits per heavy atom. The Kier molecular flexibility index (Phi) is 5.96. The summed E-state index contributed by atoms with van der Waals surface area (Å²) in [5, 5.41) is 8.99. The van der Waals surface area contributed by atoms with Crippen molar-refractivity contribution in [1.29, 1.82) is 0 Å². The van der Waals surface area contributed by atoms with E-state index in [1.807, 2.05) is 4.90 Å². The van der Waals surface area contributed by atoms with E-state index in [0.29, 0.717) is 19.5 Å². The first-order chi connectivity index (χ1) is 10.9. The lowest BCUT2D eigenvalue weighted by atomic mass is 10.1. The van der Waals surface area contributed by atoms with Gasteiger partial charge >= 0.3 is 5.97 Å². The maximum atomic E-state index is 13.5. The van der Waals surface area contributed by atoms with E-state index in [-0.39, 0.29) is 17.5 Å². The van der Waals surface area contributed by atoms with Crippen molar-refractivity contribution in [1.82, 2.24) is 9.80 Å². The number of carbonyl (C=O) groups is 2. The van der Waals surface area contributed by atoms with Crippen LogP contribution in [0.1, 0.15) is 24.8 Å². The van der Waals surface area contributed by atoms with Gasteiger partial charge in [0.25, 0.3) is 0 Å². The third-order valence-electron chi connectivity index (χ3n) is 4.03. The molecule has 126 valence electrons. The number of aliphatic carboxylic acids is 1. The fourth-order valence-corrected chi connectivity index (χ4v) is 2.97. The molecule has 23 heavy (non-hydrogen) atoms. The summed E-state index contributed by atoms with van der Waals surface area (Å²) in [5.41, 5.74) is 0.719. The van der Waals surface area contributed by atoms with E-state index >= 15 is 0 Å². The topological polar surface area (TPSA) is 60.9 Å². The monoisotopic (exact) mass is 342 g/mol. The molecule has 0 spiro atoms. The number of carboxylic acid groups (broad SMARTS) is 1. The van der Waals surface area contributed by atoms with E-state index in [1.54, 1.807) is 13.1 Å². The van der Waals surface area contributed by atoms with Crippen LogP contribution in [-0.2, 0) is 16.1 Å². The molecule has 0 aliphatic carbocycles. The van der Waals surface area contributed by atoms with Gasteiger partial charge in [-0.3, -0.25) is 14.5 Å². The van der Waals surface area contributed by atoms with Gasteiger partial charge in [0.2, 0.25) is 5.91 Å². The van der Waals surface area contributed by atoms with E-state index < -0.39 is 17.8 Å². The second-order valence-corrected chi connectivity index (χ2v) is 6.24. The van der Waals surface area contributed by atoms with Crippen molar-refractivity contribution < 1.29 is 19.1 Å². The summed E-state index contributed by atoms with van der Waals surface area (Å²) in [5.74, 6) is -1.68. The molecule has 0 aromatic heterocycles. The highest BCUT2D eigenvalue weighted by Crippen LogP contribution is 2.20. The minimum Gasteiger partial charge on any atom is -0.480 e. The highest BCUT2D eigenvalue weighted by Gasteiger charge is 2.30. The standard InChI is InChI=1S/C16H20ClFN2O3/c1-19(9-11-5-6-12(17)13(18)8-11)14-4-2-3-7-20(16(14)23)10-15(21)22/h5-6,8,14H,2-4,7,9-10H2,1H3,(H,21,22). The van der Waals surface area contributed by atoms with Crippen molar-refractivity contribution >= 4 is 23.5 Å². The summed E-state index contributed by atoms with van der Waals surface area (Å²) in [7, 11) is 1.79. The van der Waals surface area contributed by atoms with Gasteiger partial charge in [0, 0.05) is 13.1 Å². The lowest BCUT2D eigenvalue weighted by Crippen LogP contribution is -2.47.